The number of rotatable bonds is 6. The van der Waals surface area contributed by atoms with Crippen LogP contribution in [0.25, 0.3) is 16.3 Å². The normalized spacial score (nSPS) is 12.0. The van der Waals surface area contributed by atoms with Crippen LogP contribution in [0.5, 0.6) is 5.75 Å². The molecule has 0 radical (unpaired) electrons. The molecule has 0 saturated heterocycles. The first kappa shape index (κ1) is 19.6. The highest BCUT2D eigenvalue weighted by molar-refractivity contribution is 6.71. The summed E-state index contributed by atoms with van der Waals surface area (Å²) in [6.45, 7) is 15.2. The van der Waals surface area contributed by atoms with Crippen molar-refractivity contribution in [3.05, 3.63) is 47.9 Å². The summed E-state index contributed by atoms with van der Waals surface area (Å²) >= 11 is 0. The Morgan fingerprint density at radius 1 is 0.760 bits per heavy atom. The monoisotopic (exact) mass is 374 g/mol. The number of methoxy groups -OCH3 is 1. The second-order valence-corrected chi connectivity index (χ2v) is 17.1. The molecular formula is C20H30O3Si2. The van der Waals surface area contributed by atoms with Crippen LogP contribution < -0.4 is 4.74 Å². The highest BCUT2D eigenvalue weighted by Gasteiger charge is 2.26. The molecule has 5 heteroatoms. The predicted octanol–water partition coefficient (Wildman–Crippen LogP) is 6.24. The Balaban J connectivity index is 2.49. The Labute approximate surface area is 153 Å². The molecule has 0 amide bonds. The van der Waals surface area contributed by atoms with E-state index in [2.05, 4.69) is 76.5 Å². The van der Waals surface area contributed by atoms with E-state index in [1.807, 2.05) is 6.07 Å². The van der Waals surface area contributed by atoms with Crippen molar-refractivity contribution in [1.82, 2.24) is 0 Å². The van der Waals surface area contributed by atoms with Gasteiger partial charge in [0.25, 0.3) is 5.95 Å². The van der Waals surface area contributed by atoms with Gasteiger partial charge in [-0.2, -0.15) is 0 Å². The third kappa shape index (κ3) is 5.64. The highest BCUT2D eigenvalue weighted by Crippen LogP contribution is 2.29. The first-order valence-electron chi connectivity index (χ1n) is 8.65. The van der Waals surface area contributed by atoms with Gasteiger partial charge in [0.2, 0.25) is 16.6 Å². The molecule has 0 bridgehead atoms. The van der Waals surface area contributed by atoms with E-state index in [9.17, 15) is 0 Å². The molecule has 136 valence electrons. The summed E-state index contributed by atoms with van der Waals surface area (Å²) in [6.07, 6.45) is 0. The number of ether oxygens (including phenoxy) is 1. The fourth-order valence-electron chi connectivity index (χ4n) is 2.43. The molecule has 0 aliphatic carbocycles. The lowest BCUT2D eigenvalue weighted by molar-refractivity contribution is 0.219. The van der Waals surface area contributed by atoms with Crippen molar-refractivity contribution >= 4 is 33.0 Å². The summed E-state index contributed by atoms with van der Waals surface area (Å²) in [5.74, 6) is 1.57. The number of allylic oxidation sites excluding steroid dienone is 1. The van der Waals surface area contributed by atoms with Crippen LogP contribution in [0, 0.1) is 0 Å². The van der Waals surface area contributed by atoms with Gasteiger partial charge in [0.1, 0.15) is 5.75 Å². The van der Waals surface area contributed by atoms with E-state index in [4.69, 9.17) is 13.6 Å². The first-order valence-corrected chi connectivity index (χ1v) is 15.5. The van der Waals surface area contributed by atoms with E-state index >= 15 is 0 Å². The van der Waals surface area contributed by atoms with E-state index < -0.39 is 16.6 Å². The minimum absolute atomic E-state index is 0.700. The average Bonchev–Trinajstić information content (AvgIpc) is 2.49. The lowest BCUT2D eigenvalue weighted by atomic mass is 10.0. The predicted molar refractivity (Wildman–Crippen MR) is 112 cm³/mol. The molecule has 0 aliphatic heterocycles. The van der Waals surface area contributed by atoms with Crippen molar-refractivity contribution in [2.24, 2.45) is 0 Å². The van der Waals surface area contributed by atoms with Gasteiger partial charge in [-0.3, -0.25) is 0 Å². The molecule has 25 heavy (non-hydrogen) atoms. The zero-order valence-electron chi connectivity index (χ0n) is 16.7. The summed E-state index contributed by atoms with van der Waals surface area (Å²) in [4.78, 5) is 0. The van der Waals surface area contributed by atoms with Crippen LogP contribution in [-0.2, 0) is 8.85 Å². The molecule has 0 atom stereocenters. The van der Waals surface area contributed by atoms with Crippen molar-refractivity contribution in [2.75, 3.05) is 7.11 Å². The smallest absolute Gasteiger partial charge is 0.255 e. The SMILES string of the molecule is COc1ccc2cc(C(C)=C(O[Si](C)(C)C)O[Si](C)(C)C)ccc2c1. The number of hydrogen-bond donors (Lipinski definition) is 0. The molecule has 2 aromatic carbocycles. The van der Waals surface area contributed by atoms with E-state index in [0.717, 1.165) is 22.3 Å². The molecule has 2 rings (SSSR count). The van der Waals surface area contributed by atoms with Gasteiger partial charge in [0.15, 0.2) is 0 Å². The fraction of sp³-hybridized carbons (Fsp3) is 0.400. The first-order chi connectivity index (χ1) is 11.5. The fourth-order valence-corrected chi connectivity index (χ4v) is 4.02. The van der Waals surface area contributed by atoms with Crippen molar-refractivity contribution in [3.63, 3.8) is 0 Å². The molecule has 0 aliphatic rings. The Morgan fingerprint density at radius 2 is 1.28 bits per heavy atom. The number of hydrogen-bond acceptors (Lipinski definition) is 3. The topological polar surface area (TPSA) is 27.7 Å². The third-order valence-electron chi connectivity index (χ3n) is 3.58. The van der Waals surface area contributed by atoms with Crippen molar-refractivity contribution in [2.45, 2.75) is 46.2 Å². The zero-order chi connectivity index (χ0) is 18.8. The molecule has 2 aromatic rings. The quantitative estimate of drug-likeness (QED) is 0.442. The van der Waals surface area contributed by atoms with Crippen molar-refractivity contribution < 1.29 is 13.6 Å². The van der Waals surface area contributed by atoms with Crippen LogP contribution in [0.3, 0.4) is 0 Å². The molecule has 0 fully saturated rings. The van der Waals surface area contributed by atoms with Gasteiger partial charge in [0, 0.05) is 5.57 Å². The molecule has 0 N–H and O–H groups in total. The third-order valence-corrected chi connectivity index (χ3v) is 5.18. The summed E-state index contributed by atoms with van der Waals surface area (Å²) in [7, 11) is -1.83. The molecule has 0 spiro atoms. The Hall–Kier alpha value is -1.73. The van der Waals surface area contributed by atoms with E-state index in [1.54, 1.807) is 7.11 Å². The maximum absolute atomic E-state index is 6.29. The van der Waals surface area contributed by atoms with Gasteiger partial charge >= 0.3 is 0 Å². The Morgan fingerprint density at radius 3 is 1.80 bits per heavy atom. The lowest BCUT2D eigenvalue weighted by Gasteiger charge is -2.29. The van der Waals surface area contributed by atoms with E-state index in [-0.39, 0.29) is 0 Å². The van der Waals surface area contributed by atoms with Gasteiger partial charge < -0.3 is 13.6 Å². The Bertz CT molecular complexity index is 766. The van der Waals surface area contributed by atoms with Crippen molar-refractivity contribution in [3.8, 4) is 5.75 Å². The molecule has 3 nitrogen and oxygen atoms in total. The van der Waals surface area contributed by atoms with Crippen LogP contribution >= 0.6 is 0 Å². The van der Waals surface area contributed by atoms with E-state index in [1.165, 1.54) is 5.39 Å². The van der Waals surface area contributed by atoms with Gasteiger partial charge in [-0.25, -0.2) is 0 Å². The largest absolute Gasteiger partial charge is 0.520 e. The standard InChI is InChI=1S/C20H30O3Si2/c1-15(20(22-24(3,4)5)23-25(6,7)8)16-9-10-18-14-19(21-2)12-11-17(18)13-16/h9-14H,1-8H3. The van der Waals surface area contributed by atoms with Crippen LogP contribution in [-0.4, -0.2) is 23.7 Å². The molecule has 0 saturated carbocycles. The second kappa shape index (κ2) is 7.26. The minimum atomic E-state index is -1.76. The minimum Gasteiger partial charge on any atom is -0.520 e. The molecule has 0 unspecified atom stereocenters. The molecular weight excluding hydrogens is 344 g/mol. The van der Waals surface area contributed by atoms with Crippen LogP contribution in [0.4, 0.5) is 0 Å². The van der Waals surface area contributed by atoms with Gasteiger partial charge in [-0.05, 0) is 80.7 Å². The zero-order valence-corrected chi connectivity index (χ0v) is 18.7. The number of fused-ring (bicyclic) bond motifs is 1. The van der Waals surface area contributed by atoms with Crippen LogP contribution in [0.15, 0.2) is 42.3 Å². The molecule has 0 heterocycles. The second-order valence-electron chi connectivity index (χ2n) is 8.27. The Kier molecular flexibility index (Phi) is 5.69. The van der Waals surface area contributed by atoms with Crippen LogP contribution in [0.1, 0.15) is 12.5 Å². The summed E-state index contributed by atoms with van der Waals surface area (Å²) < 4.78 is 17.9. The summed E-state index contributed by atoms with van der Waals surface area (Å²) in [5, 5.41) is 2.34. The number of benzene rings is 2. The summed E-state index contributed by atoms with van der Waals surface area (Å²) in [6, 6.07) is 12.6. The lowest BCUT2D eigenvalue weighted by Crippen LogP contribution is -2.32. The molecule has 0 aromatic heterocycles. The highest BCUT2D eigenvalue weighted by atomic mass is 28.4. The average molecular weight is 375 g/mol. The van der Waals surface area contributed by atoms with Gasteiger partial charge in [-0.1, -0.05) is 18.2 Å². The van der Waals surface area contributed by atoms with Crippen molar-refractivity contribution in [1.29, 1.82) is 0 Å². The summed E-state index contributed by atoms with van der Waals surface area (Å²) in [5.41, 5.74) is 2.19. The van der Waals surface area contributed by atoms with Gasteiger partial charge in [-0.15, -0.1) is 0 Å². The maximum Gasteiger partial charge on any atom is 0.255 e. The van der Waals surface area contributed by atoms with Crippen LogP contribution in [0.2, 0.25) is 39.3 Å². The van der Waals surface area contributed by atoms with E-state index in [0.29, 0.717) is 5.95 Å². The van der Waals surface area contributed by atoms with Gasteiger partial charge in [0.05, 0.1) is 7.11 Å². The maximum atomic E-state index is 6.29.